The van der Waals surface area contributed by atoms with E-state index in [0.717, 1.165) is 22.7 Å². The zero-order valence-corrected chi connectivity index (χ0v) is 8.14. The number of aromatic nitrogens is 1. The highest BCUT2D eigenvalue weighted by atomic mass is 32.1. The molecule has 2 heterocycles. The topological polar surface area (TPSA) is 42.0 Å². The lowest BCUT2D eigenvalue weighted by Gasteiger charge is -2.03. The molecule has 70 valence electrons. The molecule has 1 aromatic heterocycles. The minimum Gasteiger partial charge on any atom is -0.308 e. The zero-order chi connectivity index (χ0) is 9.10. The van der Waals surface area contributed by atoms with E-state index in [4.69, 9.17) is 0 Å². The second-order valence-electron chi connectivity index (χ2n) is 3.18. The third-order valence-electron chi connectivity index (χ3n) is 2.21. The molecule has 1 saturated heterocycles. The number of nitrogens with zero attached hydrogens (tertiary/aromatic N) is 1. The van der Waals surface area contributed by atoms with E-state index in [2.05, 4.69) is 10.3 Å². The average molecular weight is 196 g/mol. The number of carbonyl (C=O) groups is 1. The molecule has 2 rings (SSSR count). The first-order valence-electron chi connectivity index (χ1n) is 4.52. The Bertz CT molecular complexity index is 292. The highest BCUT2D eigenvalue weighted by Gasteiger charge is 2.18. The van der Waals surface area contributed by atoms with Crippen LogP contribution in [0.4, 0.5) is 0 Å². The van der Waals surface area contributed by atoms with E-state index in [0.29, 0.717) is 12.5 Å². The van der Waals surface area contributed by atoms with Gasteiger partial charge in [-0.25, -0.2) is 4.98 Å². The molecule has 4 heteroatoms. The van der Waals surface area contributed by atoms with Crippen LogP contribution in [0.3, 0.4) is 0 Å². The summed E-state index contributed by atoms with van der Waals surface area (Å²) in [4.78, 5) is 15.7. The number of aldehydes is 1. The predicted octanol–water partition coefficient (Wildman–Crippen LogP) is 1.31. The van der Waals surface area contributed by atoms with E-state index in [1.54, 1.807) is 11.3 Å². The van der Waals surface area contributed by atoms with Gasteiger partial charge in [0.2, 0.25) is 0 Å². The Hall–Kier alpha value is -0.740. The largest absolute Gasteiger partial charge is 0.308 e. The molecular weight excluding hydrogens is 184 g/mol. The van der Waals surface area contributed by atoms with Crippen molar-refractivity contribution < 1.29 is 4.79 Å². The maximum atomic E-state index is 10.3. The molecule has 0 aromatic carbocycles. The van der Waals surface area contributed by atoms with Crippen molar-refractivity contribution in [2.75, 3.05) is 6.54 Å². The second kappa shape index (κ2) is 3.98. The smallest absolute Gasteiger partial charge is 0.125 e. The molecular formula is C9H12N2OS. The third-order valence-corrected chi connectivity index (χ3v) is 3.35. The SMILES string of the molecule is O=CCc1cnc(C2CCCN2)s1. The zero-order valence-electron chi connectivity index (χ0n) is 7.32. The summed E-state index contributed by atoms with van der Waals surface area (Å²) in [5.74, 6) is 0. The van der Waals surface area contributed by atoms with Crippen molar-refractivity contribution in [3.63, 3.8) is 0 Å². The average Bonchev–Trinajstić information content (AvgIpc) is 2.70. The summed E-state index contributed by atoms with van der Waals surface area (Å²) in [6.45, 7) is 1.09. The summed E-state index contributed by atoms with van der Waals surface area (Å²) in [7, 11) is 0. The number of hydrogen-bond acceptors (Lipinski definition) is 4. The van der Waals surface area contributed by atoms with Crippen LogP contribution in [-0.4, -0.2) is 17.8 Å². The van der Waals surface area contributed by atoms with Gasteiger partial charge in [-0.05, 0) is 19.4 Å². The number of carbonyl (C=O) groups excluding carboxylic acids is 1. The summed E-state index contributed by atoms with van der Waals surface area (Å²) in [5, 5.41) is 4.52. The molecule has 1 N–H and O–H groups in total. The first kappa shape index (κ1) is 8.84. The summed E-state index contributed by atoms with van der Waals surface area (Å²) >= 11 is 1.65. The van der Waals surface area contributed by atoms with Crippen molar-refractivity contribution >= 4 is 17.6 Å². The first-order chi connectivity index (χ1) is 6.40. The van der Waals surface area contributed by atoms with Crippen LogP contribution in [0.1, 0.15) is 28.8 Å². The van der Waals surface area contributed by atoms with Crippen LogP contribution in [0.5, 0.6) is 0 Å². The second-order valence-corrected chi connectivity index (χ2v) is 4.33. The van der Waals surface area contributed by atoms with Gasteiger partial charge < -0.3 is 10.1 Å². The summed E-state index contributed by atoms with van der Waals surface area (Å²) in [6.07, 6.45) is 5.65. The van der Waals surface area contributed by atoms with Crippen LogP contribution in [0.15, 0.2) is 6.20 Å². The lowest BCUT2D eigenvalue weighted by molar-refractivity contribution is -0.107. The van der Waals surface area contributed by atoms with E-state index >= 15 is 0 Å². The molecule has 0 radical (unpaired) electrons. The molecule has 0 amide bonds. The van der Waals surface area contributed by atoms with Crippen molar-refractivity contribution in [3.8, 4) is 0 Å². The highest BCUT2D eigenvalue weighted by molar-refractivity contribution is 7.11. The maximum Gasteiger partial charge on any atom is 0.125 e. The molecule has 13 heavy (non-hydrogen) atoms. The fraction of sp³-hybridized carbons (Fsp3) is 0.556. The van der Waals surface area contributed by atoms with Crippen LogP contribution in [0.2, 0.25) is 0 Å². The van der Waals surface area contributed by atoms with Gasteiger partial charge >= 0.3 is 0 Å². The van der Waals surface area contributed by atoms with Gasteiger partial charge in [0.25, 0.3) is 0 Å². The fourth-order valence-corrected chi connectivity index (χ4v) is 2.53. The maximum absolute atomic E-state index is 10.3. The van der Waals surface area contributed by atoms with E-state index in [-0.39, 0.29) is 0 Å². The molecule has 0 aliphatic carbocycles. The number of rotatable bonds is 3. The highest BCUT2D eigenvalue weighted by Crippen LogP contribution is 2.26. The van der Waals surface area contributed by atoms with Crippen molar-refractivity contribution in [2.24, 2.45) is 0 Å². The summed E-state index contributed by atoms with van der Waals surface area (Å²) < 4.78 is 0. The van der Waals surface area contributed by atoms with Crippen molar-refractivity contribution in [2.45, 2.75) is 25.3 Å². The molecule has 3 nitrogen and oxygen atoms in total. The number of thiazole rings is 1. The summed E-state index contributed by atoms with van der Waals surface area (Å²) in [6, 6.07) is 0.436. The Kier molecular flexibility index (Phi) is 2.71. The van der Waals surface area contributed by atoms with Gasteiger partial charge in [0.1, 0.15) is 11.3 Å². The molecule has 1 aromatic rings. The lowest BCUT2D eigenvalue weighted by atomic mass is 10.2. The molecule has 1 aliphatic rings. The normalized spacial score (nSPS) is 22.0. The number of hydrogen-bond donors (Lipinski definition) is 1. The van der Waals surface area contributed by atoms with E-state index in [9.17, 15) is 4.79 Å². The van der Waals surface area contributed by atoms with Gasteiger partial charge in [0, 0.05) is 17.5 Å². The lowest BCUT2D eigenvalue weighted by Crippen LogP contribution is -2.12. The van der Waals surface area contributed by atoms with Gasteiger partial charge in [-0.2, -0.15) is 0 Å². The fourth-order valence-electron chi connectivity index (χ4n) is 1.56. The van der Waals surface area contributed by atoms with Crippen molar-refractivity contribution in [1.82, 2.24) is 10.3 Å². The number of nitrogens with one attached hydrogen (secondary N) is 1. The van der Waals surface area contributed by atoms with Gasteiger partial charge in [-0.1, -0.05) is 0 Å². The first-order valence-corrected chi connectivity index (χ1v) is 5.33. The Labute approximate surface area is 81.2 Å². The Morgan fingerprint density at radius 2 is 2.69 bits per heavy atom. The van der Waals surface area contributed by atoms with E-state index < -0.39 is 0 Å². The third kappa shape index (κ3) is 1.95. The van der Waals surface area contributed by atoms with Crippen LogP contribution < -0.4 is 5.32 Å². The molecule has 1 aliphatic heterocycles. The molecule has 0 spiro atoms. The predicted molar refractivity (Wildman–Crippen MR) is 51.9 cm³/mol. The van der Waals surface area contributed by atoms with Crippen molar-refractivity contribution in [1.29, 1.82) is 0 Å². The molecule has 1 atom stereocenters. The van der Waals surface area contributed by atoms with Gasteiger partial charge in [0.05, 0.1) is 6.04 Å². The molecule has 1 fully saturated rings. The standard InChI is InChI=1S/C9H12N2OS/c12-5-3-7-6-11-9(13-7)8-2-1-4-10-8/h5-6,8,10H,1-4H2. The van der Waals surface area contributed by atoms with E-state index in [1.807, 2.05) is 6.20 Å². The van der Waals surface area contributed by atoms with Gasteiger partial charge in [-0.3, -0.25) is 0 Å². The van der Waals surface area contributed by atoms with Crippen LogP contribution in [0.25, 0.3) is 0 Å². The Morgan fingerprint density at radius 1 is 1.77 bits per heavy atom. The van der Waals surface area contributed by atoms with Crippen LogP contribution in [0, 0.1) is 0 Å². The summed E-state index contributed by atoms with van der Waals surface area (Å²) in [5.41, 5.74) is 0. The van der Waals surface area contributed by atoms with Crippen LogP contribution in [-0.2, 0) is 11.2 Å². The monoisotopic (exact) mass is 196 g/mol. The van der Waals surface area contributed by atoms with E-state index in [1.165, 1.54) is 12.8 Å². The quantitative estimate of drug-likeness (QED) is 0.741. The van der Waals surface area contributed by atoms with Crippen molar-refractivity contribution in [3.05, 3.63) is 16.1 Å². The van der Waals surface area contributed by atoms with Gasteiger partial charge in [-0.15, -0.1) is 11.3 Å². The Morgan fingerprint density at radius 3 is 3.38 bits per heavy atom. The molecule has 0 saturated carbocycles. The minimum absolute atomic E-state index is 0.436. The van der Waals surface area contributed by atoms with Crippen LogP contribution >= 0.6 is 11.3 Å². The van der Waals surface area contributed by atoms with Gasteiger partial charge in [0.15, 0.2) is 0 Å². The molecule has 1 unspecified atom stereocenters. The molecule has 0 bridgehead atoms. The minimum atomic E-state index is 0.436. The Balaban J connectivity index is 2.07.